The molecule has 2 heterocycles. The SMILES string of the molecule is CCC(=O)COP(=O)(COCCn1cnc2c(=O)[nH]c(N)nc21)OCc1cccc(Cl)c1. The van der Waals surface area contributed by atoms with Crippen molar-refractivity contribution >= 4 is 42.1 Å². The topological polar surface area (TPSA) is 151 Å². The number of hydrogen-bond donors (Lipinski definition) is 2. The number of nitrogens with zero attached hydrogens (tertiary/aromatic N) is 3. The Bertz CT molecular complexity index is 1200. The molecule has 0 aliphatic carbocycles. The molecule has 0 saturated carbocycles. The molecule has 3 N–H and O–H groups in total. The highest BCUT2D eigenvalue weighted by atomic mass is 35.5. The molecule has 3 rings (SSSR count). The predicted octanol–water partition coefficient (Wildman–Crippen LogP) is 2.73. The normalized spacial score (nSPS) is 13.3. The highest BCUT2D eigenvalue weighted by Crippen LogP contribution is 2.49. The van der Waals surface area contributed by atoms with Crippen LogP contribution in [0.1, 0.15) is 18.9 Å². The standard InChI is InChI=1S/C19H23ClN5O6P/c1-2-15(26)10-31-32(28,30-9-13-4-3-5-14(20)8-13)12-29-7-6-25-11-22-16-17(25)23-19(21)24-18(16)27/h3-5,8,11H,2,6-7,9-10,12H2,1H3,(H3,21,23,24,27). The van der Waals surface area contributed by atoms with Crippen LogP contribution in [-0.2, 0) is 36.3 Å². The molecule has 32 heavy (non-hydrogen) atoms. The summed E-state index contributed by atoms with van der Waals surface area (Å²) in [5.74, 6) is -0.242. The molecule has 0 spiro atoms. The summed E-state index contributed by atoms with van der Waals surface area (Å²) in [7, 11) is -3.74. The largest absolute Gasteiger partial charge is 0.369 e. The minimum Gasteiger partial charge on any atom is -0.369 e. The summed E-state index contributed by atoms with van der Waals surface area (Å²) < 4.78 is 31.0. The molecule has 0 saturated heterocycles. The van der Waals surface area contributed by atoms with Gasteiger partial charge in [-0.05, 0) is 17.7 Å². The number of Topliss-reactive ketones (excluding diaryl/α,β-unsaturated/α-hetero) is 1. The number of aromatic amines is 1. The second-order valence-corrected chi connectivity index (χ2v) is 9.21. The number of ketones is 1. The third kappa shape index (κ3) is 6.47. The highest BCUT2D eigenvalue weighted by molar-refractivity contribution is 7.53. The van der Waals surface area contributed by atoms with Gasteiger partial charge in [0, 0.05) is 18.0 Å². The zero-order chi connectivity index (χ0) is 23.1. The summed E-state index contributed by atoms with van der Waals surface area (Å²) in [5.41, 5.74) is 6.29. The Labute approximate surface area is 188 Å². The van der Waals surface area contributed by atoms with Crippen molar-refractivity contribution in [3.8, 4) is 0 Å². The minimum atomic E-state index is -3.74. The summed E-state index contributed by atoms with van der Waals surface area (Å²) >= 11 is 5.96. The Balaban J connectivity index is 1.61. The monoisotopic (exact) mass is 483 g/mol. The molecular formula is C19H23ClN5O6P. The molecular weight excluding hydrogens is 461 g/mol. The van der Waals surface area contributed by atoms with E-state index in [0.29, 0.717) is 16.2 Å². The first-order valence-corrected chi connectivity index (χ1v) is 11.8. The number of benzene rings is 1. The van der Waals surface area contributed by atoms with E-state index < -0.39 is 13.2 Å². The fourth-order valence-corrected chi connectivity index (χ4v) is 4.13. The Kier molecular flexibility index (Phi) is 8.16. The molecule has 172 valence electrons. The van der Waals surface area contributed by atoms with Crippen molar-refractivity contribution in [2.24, 2.45) is 0 Å². The molecule has 2 aromatic heterocycles. The van der Waals surface area contributed by atoms with E-state index in [1.807, 2.05) is 0 Å². The van der Waals surface area contributed by atoms with Gasteiger partial charge in [0.25, 0.3) is 5.56 Å². The van der Waals surface area contributed by atoms with E-state index in [1.54, 1.807) is 35.8 Å². The average molecular weight is 484 g/mol. The lowest BCUT2D eigenvalue weighted by Crippen LogP contribution is -2.14. The fraction of sp³-hybridized carbons (Fsp3) is 0.368. The van der Waals surface area contributed by atoms with Crippen molar-refractivity contribution in [3.05, 3.63) is 51.5 Å². The number of aromatic nitrogens is 4. The first-order chi connectivity index (χ1) is 15.3. The molecule has 13 heteroatoms. The van der Waals surface area contributed by atoms with Crippen LogP contribution in [0.4, 0.5) is 5.95 Å². The van der Waals surface area contributed by atoms with Crippen molar-refractivity contribution in [1.82, 2.24) is 19.5 Å². The summed E-state index contributed by atoms with van der Waals surface area (Å²) in [5, 5.41) is 0.514. The fourth-order valence-electron chi connectivity index (χ4n) is 2.66. The number of halogens is 1. The lowest BCUT2D eigenvalue weighted by molar-refractivity contribution is -0.121. The van der Waals surface area contributed by atoms with Gasteiger partial charge in [0.05, 0.1) is 19.5 Å². The number of H-pyrrole nitrogens is 1. The van der Waals surface area contributed by atoms with Gasteiger partial charge in [-0.1, -0.05) is 30.7 Å². The molecule has 3 aromatic rings. The Morgan fingerprint density at radius 2 is 2.16 bits per heavy atom. The number of nitrogens with one attached hydrogen (secondary N) is 1. The molecule has 11 nitrogen and oxygen atoms in total. The molecule has 0 fully saturated rings. The third-order valence-corrected chi connectivity index (χ3v) is 6.13. The van der Waals surface area contributed by atoms with Crippen molar-refractivity contribution < 1.29 is 23.1 Å². The number of anilines is 1. The number of nitrogens with two attached hydrogens (primary N) is 1. The smallest absolute Gasteiger partial charge is 0.356 e. The van der Waals surface area contributed by atoms with Gasteiger partial charge >= 0.3 is 7.60 Å². The maximum Gasteiger partial charge on any atom is 0.356 e. The zero-order valence-corrected chi connectivity index (χ0v) is 19.0. The number of hydrogen-bond acceptors (Lipinski definition) is 9. The minimum absolute atomic E-state index is 0.0281. The van der Waals surface area contributed by atoms with Crippen molar-refractivity contribution in [2.75, 3.05) is 25.3 Å². The van der Waals surface area contributed by atoms with E-state index in [2.05, 4.69) is 15.0 Å². The maximum atomic E-state index is 13.1. The van der Waals surface area contributed by atoms with Crippen LogP contribution in [0.3, 0.4) is 0 Å². The maximum absolute atomic E-state index is 13.1. The summed E-state index contributed by atoms with van der Waals surface area (Å²) in [4.78, 5) is 33.9. The number of carbonyl (C=O) groups is 1. The van der Waals surface area contributed by atoms with Gasteiger partial charge in [-0.3, -0.25) is 23.7 Å². The van der Waals surface area contributed by atoms with E-state index in [0.717, 1.165) is 0 Å². The second-order valence-electron chi connectivity index (χ2n) is 6.78. The van der Waals surface area contributed by atoms with Crippen LogP contribution in [0.25, 0.3) is 11.2 Å². The third-order valence-electron chi connectivity index (χ3n) is 4.35. The van der Waals surface area contributed by atoms with Crippen molar-refractivity contribution in [2.45, 2.75) is 26.5 Å². The second kappa shape index (κ2) is 10.8. The first-order valence-electron chi connectivity index (χ1n) is 9.72. The van der Waals surface area contributed by atoms with Gasteiger partial charge in [-0.15, -0.1) is 0 Å². The number of nitrogen functional groups attached to an aromatic ring is 1. The van der Waals surface area contributed by atoms with E-state index >= 15 is 0 Å². The van der Waals surface area contributed by atoms with E-state index in [4.69, 9.17) is 31.1 Å². The zero-order valence-electron chi connectivity index (χ0n) is 17.3. The van der Waals surface area contributed by atoms with Crippen LogP contribution in [-0.4, -0.2) is 44.9 Å². The molecule has 0 bridgehead atoms. The summed E-state index contributed by atoms with van der Waals surface area (Å²) in [6, 6.07) is 6.89. The van der Waals surface area contributed by atoms with Crippen LogP contribution in [0, 0.1) is 0 Å². The number of carbonyl (C=O) groups excluding carboxylic acids is 1. The Morgan fingerprint density at radius 1 is 1.34 bits per heavy atom. The van der Waals surface area contributed by atoms with Crippen LogP contribution < -0.4 is 11.3 Å². The van der Waals surface area contributed by atoms with Crippen molar-refractivity contribution in [1.29, 1.82) is 0 Å². The van der Waals surface area contributed by atoms with E-state index in [9.17, 15) is 14.2 Å². The van der Waals surface area contributed by atoms with Gasteiger partial charge < -0.3 is 19.6 Å². The molecule has 0 radical (unpaired) electrons. The van der Waals surface area contributed by atoms with Gasteiger partial charge in [-0.2, -0.15) is 4.98 Å². The van der Waals surface area contributed by atoms with Crippen LogP contribution >= 0.6 is 19.2 Å². The first kappa shape index (κ1) is 24.1. The molecule has 1 unspecified atom stereocenters. The average Bonchev–Trinajstić information content (AvgIpc) is 3.17. The van der Waals surface area contributed by atoms with E-state index in [1.165, 1.54) is 6.33 Å². The summed E-state index contributed by atoms with van der Waals surface area (Å²) in [6.45, 7) is 1.66. The quantitative estimate of drug-likeness (QED) is 0.292. The molecule has 1 atom stereocenters. The van der Waals surface area contributed by atoms with Gasteiger partial charge in [0.15, 0.2) is 16.9 Å². The van der Waals surface area contributed by atoms with Crippen LogP contribution in [0.5, 0.6) is 0 Å². The van der Waals surface area contributed by atoms with Gasteiger partial charge in [-0.25, -0.2) is 4.98 Å². The lowest BCUT2D eigenvalue weighted by atomic mass is 10.2. The lowest BCUT2D eigenvalue weighted by Gasteiger charge is -2.18. The molecule has 1 aromatic carbocycles. The Morgan fingerprint density at radius 3 is 2.91 bits per heavy atom. The predicted molar refractivity (Wildman–Crippen MR) is 118 cm³/mol. The number of fused-ring (bicyclic) bond motifs is 1. The van der Waals surface area contributed by atoms with Crippen LogP contribution in [0.2, 0.25) is 5.02 Å². The van der Waals surface area contributed by atoms with Crippen molar-refractivity contribution in [3.63, 3.8) is 0 Å². The highest BCUT2D eigenvalue weighted by Gasteiger charge is 2.26. The van der Waals surface area contributed by atoms with Gasteiger partial charge in [0.1, 0.15) is 13.0 Å². The number of imidazole rings is 1. The summed E-state index contributed by atoms with van der Waals surface area (Å²) in [6.07, 6.45) is 1.31. The molecule has 0 aliphatic heterocycles. The van der Waals surface area contributed by atoms with Crippen LogP contribution in [0.15, 0.2) is 35.4 Å². The number of ether oxygens (including phenoxy) is 1. The van der Waals surface area contributed by atoms with E-state index in [-0.39, 0.29) is 56.4 Å². The number of rotatable bonds is 12. The Hall–Kier alpha value is -2.56. The van der Waals surface area contributed by atoms with Gasteiger partial charge in [0.2, 0.25) is 5.95 Å². The molecule has 0 amide bonds. The molecule has 0 aliphatic rings.